The number of carbonyl (C=O) groups excluding carboxylic acids is 2. The summed E-state index contributed by atoms with van der Waals surface area (Å²) in [7, 11) is 1.63. The summed E-state index contributed by atoms with van der Waals surface area (Å²) in [6.07, 6.45) is 6.18. The molecule has 29 heavy (non-hydrogen) atoms. The third kappa shape index (κ3) is 8.78. The van der Waals surface area contributed by atoms with Gasteiger partial charge in [0, 0.05) is 31.8 Å². The molecule has 8 heteroatoms. The largest absolute Gasteiger partial charge is 0.497 e. The van der Waals surface area contributed by atoms with Gasteiger partial charge >= 0.3 is 5.97 Å². The standard InChI is InChI=1S/C21H29N3O5/c1-3-29-21(26)6-4-5-20(25)23-18(13-24-12-11-22-16-24)15-28-14-17-7-9-19(27-2)10-8-17/h7-12,16,18H,3-6,13-15H2,1-2H3,(H,23,25). The Hall–Kier alpha value is -2.87. The molecule has 1 amide bonds. The van der Waals surface area contributed by atoms with E-state index in [-0.39, 0.29) is 30.8 Å². The summed E-state index contributed by atoms with van der Waals surface area (Å²) < 4.78 is 17.7. The number of methoxy groups -OCH3 is 1. The van der Waals surface area contributed by atoms with Gasteiger partial charge in [0.05, 0.1) is 39.3 Å². The lowest BCUT2D eigenvalue weighted by molar-refractivity contribution is -0.143. The highest BCUT2D eigenvalue weighted by Gasteiger charge is 2.14. The molecule has 0 saturated heterocycles. The maximum Gasteiger partial charge on any atom is 0.305 e. The molecule has 0 spiro atoms. The van der Waals surface area contributed by atoms with Gasteiger partial charge in [-0.15, -0.1) is 0 Å². The molecule has 1 N–H and O–H groups in total. The Labute approximate surface area is 171 Å². The summed E-state index contributed by atoms with van der Waals surface area (Å²) in [6, 6.07) is 7.44. The van der Waals surface area contributed by atoms with Gasteiger partial charge in [-0.1, -0.05) is 12.1 Å². The fraction of sp³-hybridized carbons (Fsp3) is 0.476. The fourth-order valence-corrected chi connectivity index (χ4v) is 2.76. The zero-order valence-electron chi connectivity index (χ0n) is 17.0. The highest BCUT2D eigenvalue weighted by Crippen LogP contribution is 2.12. The van der Waals surface area contributed by atoms with Crippen molar-refractivity contribution in [2.45, 2.75) is 45.4 Å². The summed E-state index contributed by atoms with van der Waals surface area (Å²) in [4.78, 5) is 27.7. The average Bonchev–Trinajstić information content (AvgIpc) is 3.21. The van der Waals surface area contributed by atoms with Crippen LogP contribution >= 0.6 is 0 Å². The van der Waals surface area contributed by atoms with E-state index in [9.17, 15) is 9.59 Å². The second-order valence-corrected chi connectivity index (χ2v) is 6.55. The second-order valence-electron chi connectivity index (χ2n) is 6.55. The number of benzene rings is 1. The minimum atomic E-state index is -0.280. The summed E-state index contributed by atoms with van der Waals surface area (Å²) in [5.74, 6) is 0.396. The molecule has 0 aliphatic rings. The molecule has 1 heterocycles. The van der Waals surface area contributed by atoms with Gasteiger partial charge in [-0.05, 0) is 31.0 Å². The number of rotatable bonds is 13. The first-order chi connectivity index (χ1) is 14.1. The lowest BCUT2D eigenvalue weighted by Gasteiger charge is -2.19. The number of nitrogens with zero attached hydrogens (tertiary/aromatic N) is 2. The molecule has 0 aliphatic heterocycles. The third-order valence-corrected chi connectivity index (χ3v) is 4.19. The van der Waals surface area contributed by atoms with Gasteiger partial charge in [-0.3, -0.25) is 9.59 Å². The van der Waals surface area contributed by atoms with E-state index in [1.165, 1.54) is 0 Å². The van der Waals surface area contributed by atoms with Gasteiger partial charge in [0.2, 0.25) is 5.91 Å². The molecule has 1 unspecified atom stereocenters. The van der Waals surface area contributed by atoms with Crippen LogP contribution in [0.3, 0.4) is 0 Å². The Morgan fingerprint density at radius 2 is 2.00 bits per heavy atom. The number of amides is 1. The Balaban J connectivity index is 1.80. The number of esters is 1. The maximum absolute atomic E-state index is 12.3. The van der Waals surface area contributed by atoms with Crippen molar-refractivity contribution in [1.29, 1.82) is 0 Å². The molecule has 1 aromatic heterocycles. The molecule has 0 bridgehead atoms. The molecular formula is C21H29N3O5. The van der Waals surface area contributed by atoms with Crippen LogP contribution in [-0.2, 0) is 32.2 Å². The molecular weight excluding hydrogens is 374 g/mol. The monoisotopic (exact) mass is 403 g/mol. The maximum atomic E-state index is 12.3. The molecule has 2 aromatic rings. The van der Waals surface area contributed by atoms with Crippen molar-refractivity contribution in [2.75, 3.05) is 20.3 Å². The van der Waals surface area contributed by atoms with Crippen LogP contribution in [0.2, 0.25) is 0 Å². The predicted octanol–water partition coefficient (Wildman–Crippen LogP) is 2.33. The molecule has 1 aromatic carbocycles. The van der Waals surface area contributed by atoms with Crippen LogP contribution in [0, 0.1) is 0 Å². The van der Waals surface area contributed by atoms with Crippen molar-refractivity contribution < 1.29 is 23.8 Å². The van der Waals surface area contributed by atoms with Crippen molar-refractivity contribution in [3.8, 4) is 5.75 Å². The summed E-state index contributed by atoms with van der Waals surface area (Å²) in [5, 5.41) is 2.98. The van der Waals surface area contributed by atoms with E-state index in [1.54, 1.807) is 26.6 Å². The summed E-state index contributed by atoms with van der Waals surface area (Å²) in [5.41, 5.74) is 1.02. The number of hydrogen-bond donors (Lipinski definition) is 1. The quantitative estimate of drug-likeness (QED) is 0.516. The highest BCUT2D eigenvalue weighted by atomic mass is 16.5. The Kier molecular flexibility index (Phi) is 9.71. The van der Waals surface area contributed by atoms with Crippen LogP contribution in [0.5, 0.6) is 5.75 Å². The van der Waals surface area contributed by atoms with E-state index >= 15 is 0 Å². The first-order valence-electron chi connectivity index (χ1n) is 9.72. The first-order valence-corrected chi connectivity index (χ1v) is 9.72. The Morgan fingerprint density at radius 3 is 2.66 bits per heavy atom. The van der Waals surface area contributed by atoms with Crippen molar-refractivity contribution in [3.63, 3.8) is 0 Å². The number of ether oxygens (including phenoxy) is 3. The summed E-state index contributed by atoms with van der Waals surface area (Å²) in [6.45, 7) is 3.45. The van der Waals surface area contributed by atoms with E-state index in [0.29, 0.717) is 32.8 Å². The molecule has 0 saturated carbocycles. The number of hydrogen-bond acceptors (Lipinski definition) is 6. The molecule has 2 rings (SSSR count). The van der Waals surface area contributed by atoms with Gasteiger partial charge < -0.3 is 24.1 Å². The fourth-order valence-electron chi connectivity index (χ4n) is 2.76. The molecule has 0 radical (unpaired) electrons. The lowest BCUT2D eigenvalue weighted by atomic mass is 10.2. The van der Waals surface area contributed by atoms with Crippen LogP contribution < -0.4 is 10.1 Å². The number of carbonyl (C=O) groups is 2. The zero-order valence-corrected chi connectivity index (χ0v) is 17.0. The highest BCUT2D eigenvalue weighted by molar-refractivity contribution is 5.77. The zero-order chi connectivity index (χ0) is 20.9. The van der Waals surface area contributed by atoms with Gasteiger partial charge in [-0.2, -0.15) is 0 Å². The number of aromatic nitrogens is 2. The molecule has 1 atom stereocenters. The van der Waals surface area contributed by atoms with Gasteiger partial charge in [0.15, 0.2) is 0 Å². The van der Waals surface area contributed by atoms with E-state index in [2.05, 4.69) is 10.3 Å². The van der Waals surface area contributed by atoms with E-state index in [0.717, 1.165) is 11.3 Å². The predicted molar refractivity (Wildman–Crippen MR) is 107 cm³/mol. The SMILES string of the molecule is CCOC(=O)CCCC(=O)NC(COCc1ccc(OC)cc1)Cn1ccnc1. The van der Waals surface area contributed by atoms with E-state index in [1.807, 2.05) is 35.0 Å². The second kappa shape index (κ2) is 12.6. The van der Waals surface area contributed by atoms with Crippen LogP contribution in [0.4, 0.5) is 0 Å². The number of nitrogens with one attached hydrogen (secondary N) is 1. The summed E-state index contributed by atoms with van der Waals surface area (Å²) >= 11 is 0. The smallest absolute Gasteiger partial charge is 0.305 e. The van der Waals surface area contributed by atoms with Crippen molar-refractivity contribution >= 4 is 11.9 Å². The van der Waals surface area contributed by atoms with Crippen molar-refractivity contribution in [2.24, 2.45) is 0 Å². The van der Waals surface area contributed by atoms with Gasteiger partial charge in [0.25, 0.3) is 0 Å². The lowest BCUT2D eigenvalue weighted by Crippen LogP contribution is -2.41. The minimum absolute atomic E-state index is 0.118. The van der Waals surface area contributed by atoms with E-state index < -0.39 is 0 Å². The molecule has 8 nitrogen and oxygen atoms in total. The van der Waals surface area contributed by atoms with Gasteiger partial charge in [-0.25, -0.2) is 4.98 Å². The van der Waals surface area contributed by atoms with Crippen LogP contribution in [0.1, 0.15) is 31.7 Å². The minimum Gasteiger partial charge on any atom is -0.497 e. The first kappa shape index (κ1) is 22.4. The van der Waals surface area contributed by atoms with Crippen molar-refractivity contribution in [1.82, 2.24) is 14.9 Å². The van der Waals surface area contributed by atoms with Crippen LogP contribution in [0.15, 0.2) is 43.0 Å². The molecule has 158 valence electrons. The Bertz CT molecular complexity index is 731. The van der Waals surface area contributed by atoms with Crippen LogP contribution in [0.25, 0.3) is 0 Å². The van der Waals surface area contributed by atoms with Crippen molar-refractivity contribution in [3.05, 3.63) is 48.5 Å². The van der Waals surface area contributed by atoms with Gasteiger partial charge in [0.1, 0.15) is 5.75 Å². The van der Waals surface area contributed by atoms with Crippen LogP contribution in [-0.4, -0.2) is 47.8 Å². The van der Waals surface area contributed by atoms with E-state index in [4.69, 9.17) is 14.2 Å². The number of imidazole rings is 1. The third-order valence-electron chi connectivity index (χ3n) is 4.19. The topological polar surface area (TPSA) is 91.7 Å². The Morgan fingerprint density at radius 1 is 1.21 bits per heavy atom. The normalized spacial score (nSPS) is 11.7. The average molecular weight is 403 g/mol. The molecule has 0 fully saturated rings. The molecule has 0 aliphatic carbocycles.